The molecule has 2 atom stereocenters. The molecular weight excluding hydrogens is 635 g/mol. The maximum Gasteiger partial charge on any atom is 0.220 e. The summed E-state index contributed by atoms with van der Waals surface area (Å²) in [6, 6.07) is 18.0. The van der Waals surface area contributed by atoms with Gasteiger partial charge >= 0.3 is 0 Å². The molecule has 244 valence electrons. The number of benzene rings is 2. The van der Waals surface area contributed by atoms with Crippen LogP contribution in [0.3, 0.4) is 0 Å². The van der Waals surface area contributed by atoms with Crippen molar-refractivity contribution in [1.29, 1.82) is 0 Å². The van der Waals surface area contributed by atoms with E-state index in [4.69, 9.17) is 37.9 Å². The highest BCUT2D eigenvalue weighted by Crippen LogP contribution is 2.42. The number of ether oxygens (including phenoxy) is 1. The molecule has 0 radical (unpaired) electrons. The van der Waals surface area contributed by atoms with Gasteiger partial charge in [0.25, 0.3) is 0 Å². The molecule has 0 bridgehead atoms. The van der Waals surface area contributed by atoms with Crippen LogP contribution in [-0.4, -0.2) is 54.1 Å². The number of nitrogens with zero attached hydrogens (tertiary/aromatic N) is 2. The van der Waals surface area contributed by atoms with Gasteiger partial charge in [-0.05, 0) is 43.0 Å². The van der Waals surface area contributed by atoms with E-state index >= 15 is 0 Å². The van der Waals surface area contributed by atoms with Gasteiger partial charge in [-0.15, -0.1) is 0 Å². The minimum Gasteiger partial charge on any atom is -0.481 e. The van der Waals surface area contributed by atoms with Gasteiger partial charge in [0.05, 0.1) is 28.5 Å². The van der Waals surface area contributed by atoms with Crippen LogP contribution in [0.5, 0.6) is 5.88 Å². The third-order valence-corrected chi connectivity index (χ3v) is 9.59. The first-order chi connectivity index (χ1) is 22.8. The fourth-order valence-electron chi connectivity index (χ4n) is 6.15. The predicted octanol–water partition coefficient (Wildman–Crippen LogP) is 5.84. The summed E-state index contributed by atoms with van der Waals surface area (Å²) in [5.41, 5.74) is 7.73. The molecule has 9 nitrogen and oxygen atoms in total. The number of rotatable bonds is 12. The van der Waals surface area contributed by atoms with Crippen molar-refractivity contribution in [2.24, 2.45) is 0 Å². The lowest BCUT2D eigenvalue weighted by Gasteiger charge is -2.16. The number of hydrogen-bond acceptors (Lipinski definition) is 7. The van der Waals surface area contributed by atoms with Crippen molar-refractivity contribution in [3.05, 3.63) is 87.5 Å². The number of nitrogens with one attached hydrogen (secondary N) is 4. The molecule has 0 spiro atoms. The number of aryl methyl sites for hydroxylation is 1. The summed E-state index contributed by atoms with van der Waals surface area (Å²) in [7, 11) is 1.60. The van der Waals surface area contributed by atoms with Crippen LogP contribution in [-0.2, 0) is 22.7 Å². The predicted molar refractivity (Wildman–Crippen MR) is 185 cm³/mol. The van der Waals surface area contributed by atoms with Crippen molar-refractivity contribution >= 4 is 35.0 Å². The molecule has 2 saturated heterocycles. The normalized spacial score (nSPS) is 17.5. The maximum atomic E-state index is 11.5. The molecule has 47 heavy (non-hydrogen) atoms. The molecule has 4 heterocycles. The molecule has 11 heteroatoms. The zero-order valence-electron chi connectivity index (χ0n) is 26.5. The van der Waals surface area contributed by atoms with Gasteiger partial charge < -0.3 is 26.0 Å². The minimum absolute atomic E-state index is 0.103. The van der Waals surface area contributed by atoms with E-state index in [1.165, 1.54) is 0 Å². The lowest BCUT2D eigenvalue weighted by atomic mass is 9.97. The monoisotopic (exact) mass is 672 g/mol. The molecule has 0 aliphatic carbocycles. The molecule has 2 aliphatic rings. The Morgan fingerprint density at radius 3 is 1.87 bits per heavy atom. The zero-order valence-corrected chi connectivity index (χ0v) is 28.0. The quantitative estimate of drug-likeness (QED) is 0.149. The van der Waals surface area contributed by atoms with Crippen LogP contribution in [0, 0.1) is 6.92 Å². The SMILES string of the molecule is COc1nc(-c2cccc(-c3cccc(-c4cc(C)c(CNCC5CCC(=O)N5)cn4)c3Cl)c2Cl)ccc1CNCC1CCC(=O)N1. The summed E-state index contributed by atoms with van der Waals surface area (Å²) in [4.78, 5) is 32.5. The Hall–Kier alpha value is -4.02. The third kappa shape index (κ3) is 7.60. The van der Waals surface area contributed by atoms with Gasteiger partial charge in [-0.2, -0.15) is 0 Å². The Labute approximate surface area is 284 Å². The maximum absolute atomic E-state index is 11.5. The molecule has 2 aromatic heterocycles. The van der Waals surface area contributed by atoms with Crippen LogP contribution in [0.4, 0.5) is 0 Å². The summed E-state index contributed by atoms with van der Waals surface area (Å²) >= 11 is 14.1. The van der Waals surface area contributed by atoms with Crippen LogP contribution in [0.1, 0.15) is 42.4 Å². The van der Waals surface area contributed by atoms with Gasteiger partial charge in [-0.3, -0.25) is 14.6 Å². The van der Waals surface area contributed by atoms with Crippen LogP contribution >= 0.6 is 23.2 Å². The van der Waals surface area contributed by atoms with E-state index < -0.39 is 0 Å². The molecule has 4 aromatic rings. The lowest BCUT2D eigenvalue weighted by molar-refractivity contribution is -0.120. The van der Waals surface area contributed by atoms with Crippen molar-refractivity contribution in [3.8, 4) is 39.5 Å². The highest BCUT2D eigenvalue weighted by molar-refractivity contribution is 6.39. The van der Waals surface area contributed by atoms with E-state index in [1.54, 1.807) is 7.11 Å². The Balaban J connectivity index is 1.19. The molecule has 2 aliphatic heterocycles. The molecule has 2 fully saturated rings. The van der Waals surface area contributed by atoms with Crippen molar-refractivity contribution in [1.82, 2.24) is 31.2 Å². The molecule has 4 N–H and O–H groups in total. The number of hydrogen-bond donors (Lipinski definition) is 4. The topological polar surface area (TPSA) is 117 Å². The molecule has 2 amide bonds. The fraction of sp³-hybridized carbons (Fsp3) is 0.333. The Morgan fingerprint density at radius 2 is 1.34 bits per heavy atom. The van der Waals surface area contributed by atoms with E-state index in [-0.39, 0.29) is 23.9 Å². The number of carbonyl (C=O) groups is 2. The summed E-state index contributed by atoms with van der Waals surface area (Å²) < 4.78 is 5.64. The molecule has 2 unspecified atom stereocenters. The minimum atomic E-state index is 0.103. The smallest absolute Gasteiger partial charge is 0.220 e. The Bertz CT molecular complexity index is 1800. The first-order valence-electron chi connectivity index (χ1n) is 15.9. The van der Waals surface area contributed by atoms with Crippen molar-refractivity contribution in [3.63, 3.8) is 0 Å². The van der Waals surface area contributed by atoms with Crippen LogP contribution in [0.2, 0.25) is 10.0 Å². The van der Waals surface area contributed by atoms with Crippen LogP contribution in [0.25, 0.3) is 33.6 Å². The van der Waals surface area contributed by atoms with Gasteiger partial charge in [0.2, 0.25) is 17.7 Å². The van der Waals surface area contributed by atoms with Gasteiger partial charge in [0.1, 0.15) is 0 Å². The number of halogens is 2. The van der Waals surface area contributed by atoms with E-state index in [0.717, 1.165) is 64.0 Å². The van der Waals surface area contributed by atoms with Crippen molar-refractivity contribution in [2.75, 3.05) is 20.2 Å². The molecule has 2 aromatic carbocycles. The van der Waals surface area contributed by atoms with E-state index in [9.17, 15) is 9.59 Å². The second-order valence-corrected chi connectivity index (χ2v) is 12.8. The summed E-state index contributed by atoms with van der Waals surface area (Å²) in [5, 5.41) is 13.9. The average Bonchev–Trinajstić information content (AvgIpc) is 3.69. The molecule has 6 rings (SSSR count). The van der Waals surface area contributed by atoms with E-state index in [2.05, 4.69) is 28.2 Å². The zero-order chi connectivity index (χ0) is 32.9. The van der Waals surface area contributed by atoms with Crippen molar-refractivity contribution < 1.29 is 14.3 Å². The van der Waals surface area contributed by atoms with E-state index in [1.807, 2.05) is 60.8 Å². The highest BCUT2D eigenvalue weighted by atomic mass is 35.5. The number of aromatic nitrogens is 2. The first-order valence-corrected chi connectivity index (χ1v) is 16.6. The first kappa shape index (κ1) is 32.9. The number of pyridine rings is 2. The van der Waals surface area contributed by atoms with Crippen LogP contribution in [0.15, 0.2) is 60.8 Å². The van der Waals surface area contributed by atoms with Gasteiger partial charge in [0, 0.05) is 85.1 Å². The Morgan fingerprint density at radius 1 is 0.787 bits per heavy atom. The van der Waals surface area contributed by atoms with E-state index in [0.29, 0.717) is 54.1 Å². The highest BCUT2D eigenvalue weighted by Gasteiger charge is 2.22. The number of amides is 2. The second-order valence-electron chi connectivity index (χ2n) is 12.1. The Kier molecular flexibility index (Phi) is 10.4. The number of methoxy groups -OCH3 is 1. The van der Waals surface area contributed by atoms with Gasteiger partial charge in [-0.25, -0.2) is 4.98 Å². The van der Waals surface area contributed by atoms with Crippen LogP contribution < -0.4 is 26.0 Å². The summed E-state index contributed by atoms with van der Waals surface area (Å²) in [5.74, 6) is 0.734. The second kappa shape index (κ2) is 14.8. The van der Waals surface area contributed by atoms with Crippen molar-refractivity contribution in [2.45, 2.75) is 57.8 Å². The largest absolute Gasteiger partial charge is 0.481 e. The summed E-state index contributed by atoms with van der Waals surface area (Å²) in [6.45, 7) is 4.70. The lowest BCUT2D eigenvalue weighted by Crippen LogP contribution is -2.35. The fourth-order valence-corrected chi connectivity index (χ4v) is 6.80. The number of carbonyl (C=O) groups excluding carboxylic acids is 2. The average molecular weight is 674 g/mol. The third-order valence-electron chi connectivity index (χ3n) is 8.77. The molecule has 0 saturated carbocycles. The standard InChI is InChI=1S/C36H38Cl2N6O3/c1-21-15-31(41-18-23(21)17-40-20-25-11-14-33(46)43-25)29-8-4-6-27(35(29)38)26-5-3-7-28(34(26)37)30-12-9-22(36(44-30)47-2)16-39-19-24-10-13-32(45)42-24/h3-9,12,15,18,24-25,39-40H,10-11,13-14,16-17,19-20H2,1-2H3,(H,42,45)(H,43,46). The van der Waals surface area contributed by atoms with Gasteiger partial charge in [0.15, 0.2) is 0 Å². The van der Waals surface area contributed by atoms with Gasteiger partial charge in [-0.1, -0.05) is 65.7 Å². The molecular formula is C36H38Cl2N6O3. The summed E-state index contributed by atoms with van der Waals surface area (Å²) in [6.07, 6.45) is 4.76.